The van der Waals surface area contributed by atoms with E-state index in [2.05, 4.69) is 5.32 Å². The number of aliphatic hydroxyl groups excluding tert-OH is 1. The molecule has 0 bridgehead atoms. The van der Waals surface area contributed by atoms with Gasteiger partial charge < -0.3 is 15.5 Å². The highest BCUT2D eigenvalue weighted by molar-refractivity contribution is 6.31. The predicted octanol–water partition coefficient (Wildman–Crippen LogP) is 2.82. The molecule has 0 saturated carbocycles. The van der Waals surface area contributed by atoms with Gasteiger partial charge in [0.1, 0.15) is 5.75 Å². The molecule has 0 aliphatic carbocycles. The van der Waals surface area contributed by atoms with Crippen molar-refractivity contribution in [2.24, 2.45) is 0 Å². The Bertz CT molecular complexity index is 658. The molecule has 0 radical (unpaired) electrons. The first-order valence-electron chi connectivity index (χ1n) is 6.49. The highest BCUT2D eigenvalue weighted by Gasteiger charge is 2.13. The molecule has 0 aromatic heterocycles. The van der Waals surface area contributed by atoms with Crippen molar-refractivity contribution < 1.29 is 15.0 Å². The van der Waals surface area contributed by atoms with Gasteiger partial charge >= 0.3 is 0 Å². The molecule has 1 amide bonds. The van der Waals surface area contributed by atoms with Gasteiger partial charge in [0.25, 0.3) is 5.91 Å². The van der Waals surface area contributed by atoms with Crippen LogP contribution >= 0.6 is 11.6 Å². The minimum atomic E-state index is -0.887. The molecule has 0 fully saturated rings. The first-order valence-corrected chi connectivity index (χ1v) is 6.87. The van der Waals surface area contributed by atoms with Crippen molar-refractivity contribution in [3.63, 3.8) is 0 Å². The molecule has 0 aliphatic rings. The van der Waals surface area contributed by atoms with Gasteiger partial charge in [0.05, 0.1) is 6.10 Å². The fraction of sp³-hybridized carbons (Fsp3) is 0.188. The van der Waals surface area contributed by atoms with Gasteiger partial charge in [0.15, 0.2) is 0 Å². The largest absolute Gasteiger partial charge is 0.508 e. The van der Waals surface area contributed by atoms with Crippen LogP contribution in [0.1, 0.15) is 27.6 Å². The van der Waals surface area contributed by atoms with E-state index >= 15 is 0 Å². The van der Waals surface area contributed by atoms with E-state index in [1.54, 1.807) is 43.3 Å². The number of amides is 1. The van der Waals surface area contributed by atoms with Gasteiger partial charge in [-0.25, -0.2) is 0 Å². The molecule has 4 nitrogen and oxygen atoms in total. The van der Waals surface area contributed by atoms with Crippen molar-refractivity contribution in [3.8, 4) is 5.75 Å². The molecule has 2 rings (SSSR count). The van der Waals surface area contributed by atoms with Crippen molar-refractivity contribution >= 4 is 17.5 Å². The summed E-state index contributed by atoms with van der Waals surface area (Å²) in [6.45, 7) is 1.79. The Morgan fingerprint density at radius 2 is 2.00 bits per heavy atom. The summed E-state index contributed by atoms with van der Waals surface area (Å²) in [5.41, 5.74) is 1.60. The zero-order valence-corrected chi connectivity index (χ0v) is 12.3. The van der Waals surface area contributed by atoms with E-state index in [1.807, 2.05) is 0 Å². The minimum absolute atomic E-state index is 0.0389. The number of carbonyl (C=O) groups excluding carboxylic acids is 1. The average molecular weight is 306 g/mol. The van der Waals surface area contributed by atoms with E-state index in [0.29, 0.717) is 21.7 Å². The number of aliphatic hydroxyl groups is 1. The quantitative estimate of drug-likeness (QED) is 0.813. The van der Waals surface area contributed by atoms with Gasteiger partial charge in [-0.15, -0.1) is 0 Å². The van der Waals surface area contributed by atoms with Crippen LogP contribution in [0.5, 0.6) is 5.75 Å². The van der Waals surface area contributed by atoms with Crippen molar-refractivity contribution in [3.05, 3.63) is 64.2 Å². The zero-order valence-electron chi connectivity index (χ0n) is 11.5. The SMILES string of the molecule is Cc1ccc(C(=O)NCC(O)c2ccccc2Cl)cc1O. The Labute approximate surface area is 128 Å². The Kier molecular flexibility index (Phi) is 4.83. The molecule has 2 aromatic carbocycles. The first kappa shape index (κ1) is 15.4. The number of hydrogen-bond acceptors (Lipinski definition) is 3. The molecule has 0 aliphatic heterocycles. The van der Waals surface area contributed by atoms with E-state index < -0.39 is 6.10 Å². The highest BCUT2D eigenvalue weighted by Crippen LogP contribution is 2.22. The molecule has 2 aromatic rings. The number of carbonyl (C=O) groups is 1. The molecule has 0 spiro atoms. The second kappa shape index (κ2) is 6.61. The molecule has 1 atom stereocenters. The molecule has 110 valence electrons. The lowest BCUT2D eigenvalue weighted by Gasteiger charge is -2.14. The lowest BCUT2D eigenvalue weighted by Crippen LogP contribution is -2.28. The summed E-state index contributed by atoms with van der Waals surface area (Å²) < 4.78 is 0. The highest BCUT2D eigenvalue weighted by atomic mass is 35.5. The zero-order chi connectivity index (χ0) is 15.4. The molecule has 0 saturated heterocycles. The van der Waals surface area contributed by atoms with Crippen LogP contribution in [0, 0.1) is 6.92 Å². The predicted molar refractivity (Wildman–Crippen MR) is 81.6 cm³/mol. The lowest BCUT2D eigenvalue weighted by molar-refractivity contribution is 0.0916. The number of aromatic hydroxyl groups is 1. The van der Waals surface area contributed by atoms with Gasteiger partial charge in [-0.3, -0.25) is 4.79 Å². The summed E-state index contributed by atoms with van der Waals surface area (Å²) >= 11 is 5.98. The molecular weight excluding hydrogens is 290 g/mol. The standard InChI is InChI=1S/C16H16ClNO3/c1-10-6-7-11(8-14(10)19)16(21)18-9-15(20)12-4-2-3-5-13(12)17/h2-8,15,19-20H,9H2,1H3,(H,18,21). The third kappa shape index (κ3) is 3.74. The van der Waals surface area contributed by atoms with Crippen LogP contribution in [-0.2, 0) is 0 Å². The van der Waals surface area contributed by atoms with Gasteiger partial charge in [-0.1, -0.05) is 35.9 Å². The monoisotopic (exact) mass is 305 g/mol. The van der Waals surface area contributed by atoms with Crippen LogP contribution in [0.3, 0.4) is 0 Å². The van der Waals surface area contributed by atoms with Gasteiger partial charge in [0.2, 0.25) is 0 Å². The molecule has 3 N–H and O–H groups in total. The Balaban J connectivity index is 2.01. The van der Waals surface area contributed by atoms with E-state index in [4.69, 9.17) is 11.6 Å². The van der Waals surface area contributed by atoms with Crippen molar-refractivity contribution in [1.29, 1.82) is 0 Å². The van der Waals surface area contributed by atoms with Gasteiger partial charge in [-0.2, -0.15) is 0 Å². The van der Waals surface area contributed by atoms with Crippen molar-refractivity contribution in [2.75, 3.05) is 6.54 Å². The van der Waals surface area contributed by atoms with E-state index in [9.17, 15) is 15.0 Å². The third-order valence-electron chi connectivity index (χ3n) is 3.19. The number of hydrogen-bond donors (Lipinski definition) is 3. The summed E-state index contributed by atoms with van der Waals surface area (Å²) in [6.07, 6.45) is -0.887. The second-order valence-corrected chi connectivity index (χ2v) is 5.16. The summed E-state index contributed by atoms with van der Waals surface area (Å²) in [4.78, 5) is 12.0. The Morgan fingerprint density at radius 1 is 1.29 bits per heavy atom. The van der Waals surface area contributed by atoms with Crippen LogP contribution in [-0.4, -0.2) is 22.7 Å². The van der Waals surface area contributed by atoms with Crippen LogP contribution in [0.2, 0.25) is 5.02 Å². The summed E-state index contributed by atoms with van der Waals surface area (Å²) in [7, 11) is 0. The van der Waals surface area contributed by atoms with E-state index in [0.717, 1.165) is 0 Å². The fourth-order valence-corrected chi connectivity index (χ4v) is 2.16. The number of rotatable bonds is 4. The number of phenolic OH excluding ortho intramolecular Hbond substituents is 1. The van der Waals surface area contributed by atoms with Crippen molar-refractivity contribution in [2.45, 2.75) is 13.0 Å². The van der Waals surface area contributed by atoms with Gasteiger partial charge in [0, 0.05) is 22.7 Å². The van der Waals surface area contributed by atoms with Crippen LogP contribution in [0.15, 0.2) is 42.5 Å². The normalized spacial score (nSPS) is 12.0. The summed E-state index contributed by atoms with van der Waals surface area (Å²) in [5.74, 6) is -0.300. The number of aryl methyl sites for hydroxylation is 1. The van der Waals surface area contributed by atoms with Crippen LogP contribution in [0.4, 0.5) is 0 Å². The molecule has 0 heterocycles. The minimum Gasteiger partial charge on any atom is -0.508 e. The Hall–Kier alpha value is -2.04. The third-order valence-corrected chi connectivity index (χ3v) is 3.54. The fourth-order valence-electron chi connectivity index (χ4n) is 1.90. The second-order valence-electron chi connectivity index (χ2n) is 4.75. The van der Waals surface area contributed by atoms with Crippen molar-refractivity contribution in [1.82, 2.24) is 5.32 Å². The maximum absolute atomic E-state index is 12.0. The maximum atomic E-state index is 12.0. The number of nitrogens with one attached hydrogen (secondary N) is 1. The van der Waals surface area contributed by atoms with Crippen LogP contribution in [0.25, 0.3) is 0 Å². The lowest BCUT2D eigenvalue weighted by atomic mass is 10.1. The maximum Gasteiger partial charge on any atom is 0.251 e. The van der Waals surface area contributed by atoms with E-state index in [-0.39, 0.29) is 18.2 Å². The average Bonchev–Trinajstić information content (AvgIpc) is 2.47. The Morgan fingerprint density at radius 3 is 2.67 bits per heavy atom. The summed E-state index contributed by atoms with van der Waals surface area (Å²) in [6, 6.07) is 11.6. The number of halogens is 1. The smallest absolute Gasteiger partial charge is 0.251 e. The molecule has 5 heteroatoms. The molecular formula is C16H16ClNO3. The molecule has 1 unspecified atom stereocenters. The van der Waals surface area contributed by atoms with Crippen LogP contribution < -0.4 is 5.32 Å². The van der Waals surface area contributed by atoms with E-state index in [1.165, 1.54) is 6.07 Å². The number of benzene rings is 2. The van der Waals surface area contributed by atoms with Gasteiger partial charge in [-0.05, 0) is 30.7 Å². The molecule has 21 heavy (non-hydrogen) atoms. The number of phenols is 1. The first-order chi connectivity index (χ1) is 9.99. The summed E-state index contributed by atoms with van der Waals surface area (Å²) in [5, 5.41) is 22.7. The topological polar surface area (TPSA) is 69.6 Å².